The molecule has 0 saturated heterocycles. The topological polar surface area (TPSA) is 133 Å². The Labute approximate surface area is 210 Å². The van der Waals surface area contributed by atoms with Crippen molar-refractivity contribution < 1.29 is 35.1 Å². The van der Waals surface area contributed by atoms with Crippen LogP contribution in [0.2, 0.25) is 0 Å². The van der Waals surface area contributed by atoms with Gasteiger partial charge in [0.25, 0.3) is 0 Å². The number of benzene rings is 2. The van der Waals surface area contributed by atoms with Gasteiger partial charge in [0.2, 0.25) is 0 Å². The Morgan fingerprint density at radius 2 is 1.32 bits per heavy atom. The summed E-state index contributed by atoms with van der Waals surface area (Å²) < 4.78 is 0. The Morgan fingerprint density at radius 3 is 1.74 bits per heavy atom. The van der Waals surface area contributed by atoms with Crippen molar-refractivity contribution >= 4 is 35.4 Å². The molecule has 0 spiro atoms. The first-order valence-electron chi connectivity index (χ1n) is 9.11. The van der Waals surface area contributed by atoms with Crippen molar-refractivity contribution in [3.63, 3.8) is 0 Å². The maximum atomic E-state index is 7.75. The van der Waals surface area contributed by atoms with Gasteiger partial charge in [-0.05, 0) is 29.8 Å². The maximum Gasteiger partial charge on any atom is 0.0964 e. The standard InChI is InChI=1S/C12H8N2.C9H5N4.CH4O.2CHO.Re/c1-3-9-5-6-10-4-2-8-14-12(10)11(9)13-7-1;1-2-7-3-5-8(6-4-7)9-10-12-13-11-9;3*1-2;/h1-8H;1,3-6H;2H,1H3;2*1H;/q;-1;;2*-1;. The Kier molecular flexibility index (Phi) is 15.3. The molecule has 0 atom stereocenters. The molecule has 5 rings (SSSR count). The first-order chi connectivity index (χ1) is 16.3. The van der Waals surface area contributed by atoms with Crippen LogP contribution in [-0.2, 0) is 30.0 Å². The molecule has 2 aromatic carbocycles. The van der Waals surface area contributed by atoms with Gasteiger partial charge < -0.3 is 19.8 Å². The fraction of sp³-hybridized carbons (Fsp3) is 0.0417. The van der Waals surface area contributed by atoms with E-state index in [9.17, 15) is 0 Å². The van der Waals surface area contributed by atoms with Crippen LogP contribution in [0.4, 0.5) is 0 Å². The summed E-state index contributed by atoms with van der Waals surface area (Å²) in [5.41, 5.74) is 3.65. The zero-order valence-corrected chi connectivity index (χ0v) is 20.7. The predicted molar refractivity (Wildman–Crippen MR) is 125 cm³/mol. The molecule has 5 aromatic rings. The van der Waals surface area contributed by atoms with Gasteiger partial charge in [-0.1, -0.05) is 42.3 Å². The summed E-state index contributed by atoms with van der Waals surface area (Å²) in [6.07, 6.45) is 8.82. The van der Waals surface area contributed by atoms with E-state index in [1.165, 1.54) is 0 Å². The van der Waals surface area contributed by atoms with Crippen LogP contribution in [0.25, 0.3) is 33.2 Å². The molecule has 0 amide bonds. The summed E-state index contributed by atoms with van der Waals surface area (Å²) in [4.78, 5) is 24.2. The van der Waals surface area contributed by atoms with Gasteiger partial charge in [-0.15, -0.1) is 6.42 Å². The molecule has 173 valence electrons. The fourth-order valence-electron chi connectivity index (χ4n) is 2.66. The molecule has 3 aromatic heterocycles. The summed E-state index contributed by atoms with van der Waals surface area (Å²) in [5.74, 6) is 3.04. The number of pyridine rings is 2. The molecule has 0 saturated carbocycles. The largest absolute Gasteiger partial charge is 0.545 e. The molecule has 9 nitrogen and oxygen atoms in total. The van der Waals surface area contributed by atoms with Gasteiger partial charge in [0.05, 0.1) is 16.9 Å². The van der Waals surface area contributed by atoms with Crippen LogP contribution < -0.4 is 5.21 Å². The van der Waals surface area contributed by atoms with Crippen molar-refractivity contribution in [1.29, 1.82) is 0 Å². The average Bonchev–Trinajstić information content (AvgIpc) is 3.48. The minimum Gasteiger partial charge on any atom is -0.545 e. The molecule has 10 heteroatoms. The van der Waals surface area contributed by atoms with Crippen molar-refractivity contribution in [2.75, 3.05) is 7.11 Å². The van der Waals surface area contributed by atoms with Crippen molar-refractivity contribution in [1.82, 2.24) is 30.6 Å². The molecule has 3 heterocycles. The van der Waals surface area contributed by atoms with E-state index in [-0.39, 0.29) is 20.4 Å². The maximum absolute atomic E-state index is 7.75. The molecular weight excluding hydrogens is 607 g/mol. The van der Waals surface area contributed by atoms with E-state index in [0.29, 0.717) is 5.82 Å². The predicted octanol–water partition coefficient (Wildman–Crippen LogP) is 2.32. The molecule has 0 aliphatic heterocycles. The molecule has 34 heavy (non-hydrogen) atoms. The van der Waals surface area contributed by atoms with Crippen LogP contribution in [0, 0.1) is 12.3 Å². The monoisotopic (exact) mass is 626 g/mol. The van der Waals surface area contributed by atoms with Crippen LogP contribution in [-0.4, -0.2) is 51.2 Å². The second kappa shape index (κ2) is 17.4. The van der Waals surface area contributed by atoms with Crippen LogP contribution in [0.15, 0.2) is 73.1 Å². The van der Waals surface area contributed by atoms with E-state index in [1.807, 2.05) is 36.4 Å². The van der Waals surface area contributed by atoms with Crippen LogP contribution >= 0.6 is 0 Å². The number of terminal acetylenes is 1. The van der Waals surface area contributed by atoms with Crippen molar-refractivity contribution in [2.24, 2.45) is 0 Å². The first-order valence-corrected chi connectivity index (χ1v) is 9.11. The first kappa shape index (κ1) is 29.9. The molecule has 0 bridgehead atoms. The third-order valence-corrected chi connectivity index (χ3v) is 3.97. The minimum atomic E-state index is 0. The Balaban J connectivity index is 0.000000515. The summed E-state index contributed by atoms with van der Waals surface area (Å²) in [5, 5.41) is 23.5. The minimum absolute atomic E-state index is 0. The number of fused-ring (bicyclic) bond motifs is 3. The Bertz CT molecular complexity index is 1220. The molecule has 0 unspecified atom stereocenters. The second-order valence-electron chi connectivity index (χ2n) is 5.64. The number of hydrogen-bond donors (Lipinski definition) is 1. The van der Waals surface area contributed by atoms with Gasteiger partial charge in [-0.2, -0.15) is 0 Å². The summed E-state index contributed by atoms with van der Waals surface area (Å²) >= 11 is 0. The van der Waals surface area contributed by atoms with E-state index in [0.717, 1.165) is 40.0 Å². The van der Waals surface area contributed by atoms with E-state index in [1.54, 1.807) is 12.4 Å². The van der Waals surface area contributed by atoms with E-state index >= 15 is 0 Å². The number of nitrogens with zero attached hydrogens (tertiary/aromatic N) is 6. The zero-order valence-electron chi connectivity index (χ0n) is 18.0. The van der Waals surface area contributed by atoms with Crippen LogP contribution in [0.1, 0.15) is 5.56 Å². The van der Waals surface area contributed by atoms with E-state index < -0.39 is 0 Å². The zero-order chi connectivity index (χ0) is 24.5. The number of rotatable bonds is 1. The molecule has 0 fully saturated rings. The van der Waals surface area contributed by atoms with Gasteiger partial charge in [0, 0.05) is 56.3 Å². The quantitative estimate of drug-likeness (QED) is 0.129. The third-order valence-electron chi connectivity index (χ3n) is 3.97. The average molecular weight is 626 g/mol. The SMILES string of the molecule is C#Cc1ccc(-c2nn[n-]n2)cc1.CO.[CH-]=O.[CH-]=O.[Re].c1cnc2c(c1)ccc1cccnc12. The summed E-state index contributed by atoms with van der Waals surface area (Å²) in [7, 11) is 1.00. The number of hydrogen-bond acceptors (Lipinski definition) is 8. The summed E-state index contributed by atoms with van der Waals surface area (Å²) in [6, 6.07) is 19.5. The third kappa shape index (κ3) is 8.08. The number of aromatic nitrogens is 6. The molecular formula is C24H19N6O3Re-3. The molecule has 0 aliphatic carbocycles. The second-order valence-corrected chi connectivity index (χ2v) is 5.64. The van der Waals surface area contributed by atoms with Crippen molar-refractivity contribution in [3.8, 4) is 23.7 Å². The van der Waals surface area contributed by atoms with Crippen molar-refractivity contribution in [2.45, 2.75) is 0 Å². The Hall–Kier alpha value is -4.15. The fourth-order valence-corrected chi connectivity index (χ4v) is 2.66. The number of carbonyl (C=O) groups excluding carboxylic acids is 2. The van der Waals surface area contributed by atoms with Gasteiger partial charge in [0.15, 0.2) is 0 Å². The van der Waals surface area contributed by atoms with Gasteiger partial charge in [-0.25, -0.2) is 5.10 Å². The summed E-state index contributed by atoms with van der Waals surface area (Å²) in [6.45, 7) is 6.50. The smallest absolute Gasteiger partial charge is 0.0964 e. The molecule has 1 radical (unpaired) electrons. The van der Waals surface area contributed by atoms with E-state index in [4.69, 9.17) is 21.1 Å². The van der Waals surface area contributed by atoms with Crippen LogP contribution in [0.3, 0.4) is 0 Å². The van der Waals surface area contributed by atoms with E-state index in [2.05, 4.69) is 74.4 Å². The van der Waals surface area contributed by atoms with Gasteiger partial charge in [0.1, 0.15) is 0 Å². The van der Waals surface area contributed by atoms with Crippen molar-refractivity contribution in [3.05, 3.63) is 78.6 Å². The number of tetrazole rings is 1. The normalized spacial score (nSPS) is 8.50. The molecule has 0 aliphatic rings. The molecule has 1 N–H and O–H groups in total. The van der Waals surface area contributed by atoms with Gasteiger partial charge >= 0.3 is 0 Å². The van der Waals surface area contributed by atoms with Crippen LogP contribution in [0.5, 0.6) is 0 Å². The number of aliphatic hydroxyl groups is 1. The van der Waals surface area contributed by atoms with Gasteiger partial charge in [-0.3, -0.25) is 34.0 Å². The number of aliphatic hydroxyl groups excluding tert-OH is 1. The Morgan fingerprint density at radius 1 is 0.824 bits per heavy atom.